The van der Waals surface area contributed by atoms with Gasteiger partial charge in [-0.25, -0.2) is 4.79 Å². The van der Waals surface area contributed by atoms with E-state index in [1.165, 1.54) is 0 Å². The molecule has 0 aliphatic carbocycles. The maximum atomic E-state index is 12.3. The molecule has 0 unspecified atom stereocenters. The van der Waals surface area contributed by atoms with E-state index in [1.807, 2.05) is 44.2 Å². The highest BCUT2D eigenvalue weighted by molar-refractivity contribution is 6.03. The van der Waals surface area contributed by atoms with Crippen LogP contribution in [0.2, 0.25) is 0 Å². The zero-order valence-electron chi connectivity index (χ0n) is 12.4. The fraction of sp³-hybridized carbons (Fsp3) is 0.353. The van der Waals surface area contributed by atoms with Crippen molar-refractivity contribution in [3.05, 3.63) is 42.0 Å². The molecule has 0 spiro atoms. The van der Waals surface area contributed by atoms with Gasteiger partial charge in [0.1, 0.15) is 0 Å². The Morgan fingerprint density at radius 2 is 2.05 bits per heavy atom. The number of aryl methyl sites for hydroxylation is 1. The Kier molecular flexibility index (Phi) is 3.55. The van der Waals surface area contributed by atoms with Gasteiger partial charge < -0.3 is 15.4 Å². The molecule has 110 valence electrons. The molecule has 1 heterocycles. The van der Waals surface area contributed by atoms with Crippen LogP contribution in [0.25, 0.3) is 10.8 Å². The van der Waals surface area contributed by atoms with Gasteiger partial charge in [-0.2, -0.15) is 0 Å². The molecule has 2 aromatic rings. The summed E-state index contributed by atoms with van der Waals surface area (Å²) in [4.78, 5) is 12.3. The van der Waals surface area contributed by atoms with E-state index in [4.69, 9.17) is 4.74 Å². The summed E-state index contributed by atoms with van der Waals surface area (Å²) in [7, 11) is 0. The highest BCUT2D eigenvalue weighted by Crippen LogP contribution is 2.27. The molecular formula is C17H20N2O2. The first-order chi connectivity index (χ1) is 10.1. The number of anilines is 1. The minimum Gasteiger partial charge on any atom is -0.379 e. The molecule has 3 rings (SSSR count). The molecule has 0 radical (unpaired) electrons. The number of carbonyl (C=O) groups is 1. The SMILES string of the molecule is Cc1ccc2ccccc2c1NC(=O)N[C@]1(C)CCOC1. The molecule has 4 heteroatoms. The van der Waals surface area contributed by atoms with Crippen LogP contribution in [0.1, 0.15) is 18.9 Å². The number of amides is 2. The van der Waals surface area contributed by atoms with Crippen LogP contribution in [0.15, 0.2) is 36.4 Å². The van der Waals surface area contributed by atoms with Crippen LogP contribution in [0.3, 0.4) is 0 Å². The van der Waals surface area contributed by atoms with E-state index in [1.54, 1.807) is 0 Å². The molecule has 4 nitrogen and oxygen atoms in total. The summed E-state index contributed by atoms with van der Waals surface area (Å²) in [5.74, 6) is 0. The predicted molar refractivity (Wildman–Crippen MR) is 84.7 cm³/mol. The van der Waals surface area contributed by atoms with Crippen LogP contribution in [-0.4, -0.2) is 24.8 Å². The number of benzene rings is 2. The van der Waals surface area contributed by atoms with Gasteiger partial charge in [-0.05, 0) is 31.2 Å². The Labute approximate surface area is 124 Å². The van der Waals surface area contributed by atoms with E-state index in [2.05, 4.69) is 16.7 Å². The van der Waals surface area contributed by atoms with Crippen LogP contribution in [0.4, 0.5) is 10.5 Å². The van der Waals surface area contributed by atoms with E-state index >= 15 is 0 Å². The maximum absolute atomic E-state index is 12.3. The quantitative estimate of drug-likeness (QED) is 0.887. The molecule has 0 aromatic heterocycles. The van der Waals surface area contributed by atoms with Gasteiger partial charge in [0.05, 0.1) is 17.8 Å². The lowest BCUT2D eigenvalue weighted by Crippen LogP contribution is -2.48. The Bertz CT molecular complexity index is 676. The standard InChI is InChI=1S/C17H20N2O2/c1-12-7-8-13-5-3-4-6-14(13)15(12)18-16(20)19-17(2)9-10-21-11-17/h3-8H,9-11H2,1-2H3,(H2,18,19,20)/t17-/m1/s1. The summed E-state index contributed by atoms with van der Waals surface area (Å²) < 4.78 is 5.36. The van der Waals surface area contributed by atoms with E-state index < -0.39 is 0 Å². The zero-order valence-corrected chi connectivity index (χ0v) is 12.4. The zero-order chi connectivity index (χ0) is 14.9. The summed E-state index contributed by atoms with van der Waals surface area (Å²) in [6.07, 6.45) is 0.842. The highest BCUT2D eigenvalue weighted by atomic mass is 16.5. The lowest BCUT2D eigenvalue weighted by Gasteiger charge is -2.24. The molecule has 1 aliphatic heterocycles. The van der Waals surface area contributed by atoms with Gasteiger partial charge in [-0.1, -0.05) is 36.4 Å². The van der Waals surface area contributed by atoms with Crippen LogP contribution >= 0.6 is 0 Å². The van der Waals surface area contributed by atoms with Crippen molar-refractivity contribution in [1.29, 1.82) is 0 Å². The van der Waals surface area contributed by atoms with Crippen LogP contribution in [0, 0.1) is 6.92 Å². The second kappa shape index (κ2) is 5.37. The smallest absolute Gasteiger partial charge is 0.319 e. The molecule has 21 heavy (non-hydrogen) atoms. The fourth-order valence-electron chi connectivity index (χ4n) is 2.73. The topological polar surface area (TPSA) is 50.4 Å². The molecule has 1 fully saturated rings. The molecule has 1 atom stereocenters. The van der Waals surface area contributed by atoms with Gasteiger partial charge in [-0.3, -0.25) is 0 Å². The first kappa shape index (κ1) is 13.9. The van der Waals surface area contributed by atoms with Gasteiger partial charge in [0.2, 0.25) is 0 Å². The van der Waals surface area contributed by atoms with Crippen molar-refractivity contribution < 1.29 is 9.53 Å². The van der Waals surface area contributed by atoms with Crippen molar-refractivity contribution in [3.8, 4) is 0 Å². The lowest BCUT2D eigenvalue weighted by molar-refractivity contribution is 0.172. The predicted octanol–water partition coefficient (Wildman–Crippen LogP) is 3.45. The van der Waals surface area contributed by atoms with E-state index in [-0.39, 0.29) is 11.6 Å². The summed E-state index contributed by atoms with van der Waals surface area (Å²) in [6.45, 7) is 5.27. The number of hydrogen-bond acceptors (Lipinski definition) is 2. The molecule has 1 saturated heterocycles. The summed E-state index contributed by atoms with van der Waals surface area (Å²) in [5, 5.41) is 8.20. The molecule has 0 bridgehead atoms. The number of nitrogens with one attached hydrogen (secondary N) is 2. The number of fused-ring (bicyclic) bond motifs is 1. The van der Waals surface area contributed by atoms with Gasteiger partial charge >= 0.3 is 6.03 Å². The molecule has 2 amide bonds. The molecule has 0 saturated carbocycles. The molecule has 2 N–H and O–H groups in total. The molecule has 2 aromatic carbocycles. The largest absolute Gasteiger partial charge is 0.379 e. The third-order valence-electron chi connectivity index (χ3n) is 4.01. The first-order valence-corrected chi connectivity index (χ1v) is 7.23. The fourth-order valence-corrected chi connectivity index (χ4v) is 2.73. The Morgan fingerprint density at radius 3 is 2.81 bits per heavy atom. The normalized spacial score (nSPS) is 21.4. The second-order valence-electron chi connectivity index (χ2n) is 5.92. The summed E-state index contributed by atoms with van der Waals surface area (Å²) in [6, 6.07) is 12.0. The summed E-state index contributed by atoms with van der Waals surface area (Å²) in [5.41, 5.74) is 1.65. The monoisotopic (exact) mass is 284 g/mol. The van der Waals surface area contributed by atoms with Gasteiger partial charge in [0.25, 0.3) is 0 Å². The van der Waals surface area contributed by atoms with Crippen molar-refractivity contribution in [2.45, 2.75) is 25.8 Å². The molecule has 1 aliphatic rings. The third-order valence-corrected chi connectivity index (χ3v) is 4.01. The minimum absolute atomic E-state index is 0.178. The van der Waals surface area contributed by atoms with Gasteiger partial charge in [-0.15, -0.1) is 0 Å². The van der Waals surface area contributed by atoms with E-state index in [9.17, 15) is 4.79 Å². The van der Waals surface area contributed by atoms with Crippen molar-refractivity contribution >= 4 is 22.5 Å². The minimum atomic E-state index is -0.275. The average Bonchev–Trinajstić information content (AvgIpc) is 2.88. The Balaban J connectivity index is 1.84. The third kappa shape index (κ3) is 2.85. The van der Waals surface area contributed by atoms with E-state index in [0.717, 1.165) is 28.4 Å². The number of carbonyl (C=O) groups excluding carboxylic acids is 1. The molecular weight excluding hydrogens is 264 g/mol. The number of hydrogen-bond donors (Lipinski definition) is 2. The first-order valence-electron chi connectivity index (χ1n) is 7.23. The van der Waals surface area contributed by atoms with Crippen molar-refractivity contribution in [2.24, 2.45) is 0 Å². The summed E-state index contributed by atoms with van der Waals surface area (Å²) >= 11 is 0. The van der Waals surface area contributed by atoms with Crippen LogP contribution in [-0.2, 0) is 4.74 Å². The average molecular weight is 284 g/mol. The van der Waals surface area contributed by atoms with E-state index in [0.29, 0.717) is 13.2 Å². The second-order valence-corrected chi connectivity index (χ2v) is 5.92. The van der Waals surface area contributed by atoms with Crippen molar-refractivity contribution in [1.82, 2.24) is 5.32 Å². The van der Waals surface area contributed by atoms with Crippen LogP contribution in [0.5, 0.6) is 0 Å². The van der Waals surface area contributed by atoms with Crippen LogP contribution < -0.4 is 10.6 Å². The number of rotatable bonds is 2. The van der Waals surface area contributed by atoms with Gasteiger partial charge in [0, 0.05) is 12.0 Å². The lowest BCUT2D eigenvalue weighted by atomic mass is 10.0. The Hall–Kier alpha value is -2.07. The van der Waals surface area contributed by atoms with Gasteiger partial charge in [0.15, 0.2) is 0 Å². The number of urea groups is 1. The Morgan fingerprint density at radius 1 is 1.24 bits per heavy atom. The van der Waals surface area contributed by atoms with Crippen molar-refractivity contribution in [3.63, 3.8) is 0 Å². The van der Waals surface area contributed by atoms with Crippen molar-refractivity contribution in [2.75, 3.05) is 18.5 Å². The number of ether oxygens (including phenoxy) is 1. The maximum Gasteiger partial charge on any atom is 0.319 e. The highest BCUT2D eigenvalue weighted by Gasteiger charge is 2.31.